The minimum Gasteiger partial charge on any atom is -0.487 e. The van der Waals surface area contributed by atoms with Crippen molar-refractivity contribution in [1.29, 1.82) is 0 Å². The van der Waals surface area contributed by atoms with Crippen LogP contribution in [0.2, 0.25) is 0 Å². The molecule has 0 bridgehead atoms. The lowest BCUT2D eigenvalue weighted by atomic mass is 9.77. The van der Waals surface area contributed by atoms with Crippen LogP contribution in [0.1, 0.15) is 46.5 Å². The molecule has 0 heterocycles. The van der Waals surface area contributed by atoms with Crippen molar-refractivity contribution in [2.24, 2.45) is 0 Å². The van der Waals surface area contributed by atoms with Crippen molar-refractivity contribution in [2.45, 2.75) is 57.6 Å². The van der Waals surface area contributed by atoms with E-state index in [2.05, 4.69) is 26.1 Å². The molecule has 1 aliphatic rings. The third-order valence-electron chi connectivity index (χ3n) is 3.67. The monoisotopic (exact) mass is 283 g/mol. The number of ether oxygens (including phenoxy) is 1. The molecule has 0 amide bonds. The standard InChI is InChI=1S/C16H23F2NO/c1-15(2,3)19-8-7-16(5-4-6-16)20-14-10-12(17)9-13(18)11-14/h9-11,19H,4-8H2,1-3H3. The number of nitrogens with one attached hydrogen (secondary N) is 1. The largest absolute Gasteiger partial charge is 0.487 e. The fourth-order valence-electron chi connectivity index (χ4n) is 2.48. The van der Waals surface area contributed by atoms with Gasteiger partial charge in [-0.15, -0.1) is 0 Å². The van der Waals surface area contributed by atoms with E-state index in [9.17, 15) is 8.78 Å². The second kappa shape index (κ2) is 5.68. The van der Waals surface area contributed by atoms with E-state index in [1.165, 1.54) is 12.1 Å². The molecule has 0 saturated heterocycles. The molecule has 2 nitrogen and oxygen atoms in total. The molecule has 20 heavy (non-hydrogen) atoms. The topological polar surface area (TPSA) is 21.3 Å². The van der Waals surface area contributed by atoms with Crippen molar-refractivity contribution in [2.75, 3.05) is 6.54 Å². The average Bonchev–Trinajstić information content (AvgIpc) is 2.22. The van der Waals surface area contributed by atoms with Crippen LogP contribution in [-0.2, 0) is 0 Å². The van der Waals surface area contributed by atoms with E-state index in [0.29, 0.717) is 0 Å². The minimum atomic E-state index is -0.595. The van der Waals surface area contributed by atoms with Gasteiger partial charge in [-0.25, -0.2) is 8.78 Å². The first kappa shape index (κ1) is 15.2. The highest BCUT2D eigenvalue weighted by Gasteiger charge is 2.39. The van der Waals surface area contributed by atoms with E-state index in [-0.39, 0.29) is 16.9 Å². The molecule has 1 N–H and O–H groups in total. The van der Waals surface area contributed by atoms with E-state index >= 15 is 0 Å². The maximum Gasteiger partial charge on any atom is 0.129 e. The second-order valence-electron chi connectivity index (χ2n) is 6.67. The molecule has 1 aromatic rings. The molecule has 0 radical (unpaired) electrons. The predicted octanol–water partition coefficient (Wildman–Crippen LogP) is 4.04. The van der Waals surface area contributed by atoms with Crippen LogP contribution >= 0.6 is 0 Å². The molecular weight excluding hydrogens is 260 g/mol. The molecule has 1 saturated carbocycles. The Balaban J connectivity index is 1.97. The Labute approximate surface area is 119 Å². The summed E-state index contributed by atoms with van der Waals surface area (Å²) in [4.78, 5) is 0. The third kappa shape index (κ3) is 4.17. The average molecular weight is 283 g/mol. The number of rotatable bonds is 5. The zero-order valence-electron chi connectivity index (χ0n) is 12.4. The van der Waals surface area contributed by atoms with Crippen LogP contribution in [0.3, 0.4) is 0 Å². The van der Waals surface area contributed by atoms with E-state index in [0.717, 1.165) is 38.3 Å². The molecule has 0 spiro atoms. The van der Waals surface area contributed by atoms with Gasteiger partial charge in [-0.05, 0) is 53.0 Å². The lowest BCUT2D eigenvalue weighted by Crippen LogP contribution is -2.47. The van der Waals surface area contributed by atoms with Gasteiger partial charge in [0, 0.05) is 23.7 Å². The first-order chi connectivity index (χ1) is 9.28. The normalized spacial score (nSPS) is 17.6. The lowest BCUT2D eigenvalue weighted by Gasteiger charge is -2.42. The van der Waals surface area contributed by atoms with Gasteiger partial charge in [0.05, 0.1) is 0 Å². The summed E-state index contributed by atoms with van der Waals surface area (Å²) >= 11 is 0. The Hall–Kier alpha value is -1.16. The summed E-state index contributed by atoms with van der Waals surface area (Å²) in [6, 6.07) is 3.36. The Morgan fingerprint density at radius 3 is 2.20 bits per heavy atom. The highest BCUT2D eigenvalue weighted by molar-refractivity contribution is 5.25. The molecule has 112 valence electrons. The van der Waals surface area contributed by atoms with E-state index in [1.54, 1.807) is 0 Å². The summed E-state index contributed by atoms with van der Waals surface area (Å²) in [5.41, 5.74) is -0.200. The van der Waals surface area contributed by atoms with Crippen molar-refractivity contribution in [3.63, 3.8) is 0 Å². The van der Waals surface area contributed by atoms with Gasteiger partial charge in [-0.3, -0.25) is 0 Å². The summed E-state index contributed by atoms with van der Waals surface area (Å²) in [5, 5.41) is 3.43. The van der Waals surface area contributed by atoms with Gasteiger partial charge in [-0.2, -0.15) is 0 Å². The zero-order valence-corrected chi connectivity index (χ0v) is 12.4. The molecule has 1 fully saturated rings. The first-order valence-corrected chi connectivity index (χ1v) is 7.18. The van der Waals surface area contributed by atoms with Gasteiger partial charge in [0.1, 0.15) is 23.0 Å². The third-order valence-corrected chi connectivity index (χ3v) is 3.67. The Morgan fingerprint density at radius 2 is 1.75 bits per heavy atom. The fourth-order valence-corrected chi connectivity index (χ4v) is 2.48. The molecule has 0 aliphatic heterocycles. The van der Waals surface area contributed by atoms with Crippen molar-refractivity contribution in [1.82, 2.24) is 5.32 Å². The lowest BCUT2D eigenvalue weighted by molar-refractivity contribution is -0.0156. The Morgan fingerprint density at radius 1 is 1.15 bits per heavy atom. The highest BCUT2D eigenvalue weighted by atomic mass is 19.1. The number of hydrogen-bond donors (Lipinski definition) is 1. The van der Waals surface area contributed by atoms with Crippen molar-refractivity contribution >= 4 is 0 Å². The molecule has 1 aliphatic carbocycles. The summed E-state index contributed by atoms with van der Waals surface area (Å²) in [6.45, 7) is 7.18. The maximum absolute atomic E-state index is 13.2. The molecule has 4 heteroatoms. The second-order valence-corrected chi connectivity index (χ2v) is 6.67. The van der Waals surface area contributed by atoms with Crippen LogP contribution in [0.15, 0.2) is 18.2 Å². The van der Waals surface area contributed by atoms with Crippen molar-refractivity contribution in [3.8, 4) is 5.75 Å². The van der Waals surface area contributed by atoms with Crippen LogP contribution in [0.5, 0.6) is 5.75 Å². The van der Waals surface area contributed by atoms with E-state index in [4.69, 9.17) is 4.74 Å². The Bertz CT molecular complexity index is 444. The molecule has 2 rings (SSSR count). The number of benzene rings is 1. The predicted molar refractivity (Wildman–Crippen MR) is 75.9 cm³/mol. The van der Waals surface area contributed by atoms with Crippen LogP contribution < -0.4 is 10.1 Å². The van der Waals surface area contributed by atoms with Crippen LogP contribution in [0.25, 0.3) is 0 Å². The molecule has 1 aromatic carbocycles. The number of halogens is 2. The molecule has 0 unspecified atom stereocenters. The molecule has 0 aromatic heterocycles. The Kier molecular flexibility index (Phi) is 4.33. The van der Waals surface area contributed by atoms with Crippen LogP contribution in [0.4, 0.5) is 8.78 Å². The van der Waals surface area contributed by atoms with Crippen molar-refractivity contribution < 1.29 is 13.5 Å². The first-order valence-electron chi connectivity index (χ1n) is 7.18. The van der Waals surface area contributed by atoms with Crippen molar-refractivity contribution in [3.05, 3.63) is 29.8 Å². The van der Waals surface area contributed by atoms with Crippen LogP contribution in [-0.4, -0.2) is 17.7 Å². The highest BCUT2D eigenvalue weighted by Crippen LogP contribution is 2.39. The summed E-state index contributed by atoms with van der Waals surface area (Å²) in [5.74, 6) is -0.900. The van der Waals surface area contributed by atoms with E-state index in [1.807, 2.05) is 0 Å². The van der Waals surface area contributed by atoms with Crippen LogP contribution in [0, 0.1) is 11.6 Å². The number of hydrogen-bond acceptors (Lipinski definition) is 2. The maximum atomic E-state index is 13.2. The van der Waals surface area contributed by atoms with Gasteiger partial charge in [0.15, 0.2) is 0 Å². The fraction of sp³-hybridized carbons (Fsp3) is 0.625. The summed E-state index contributed by atoms with van der Waals surface area (Å²) in [7, 11) is 0. The quantitative estimate of drug-likeness (QED) is 0.880. The van der Waals surface area contributed by atoms with E-state index < -0.39 is 11.6 Å². The summed E-state index contributed by atoms with van der Waals surface area (Å²) < 4.78 is 32.3. The zero-order chi connectivity index (χ0) is 14.8. The minimum absolute atomic E-state index is 0.0654. The van der Waals surface area contributed by atoms with Gasteiger partial charge >= 0.3 is 0 Å². The van der Waals surface area contributed by atoms with Gasteiger partial charge < -0.3 is 10.1 Å². The van der Waals surface area contributed by atoms with Gasteiger partial charge in [-0.1, -0.05) is 0 Å². The SMILES string of the molecule is CC(C)(C)NCCC1(Oc2cc(F)cc(F)c2)CCC1. The molecular formula is C16H23F2NO. The van der Waals surface area contributed by atoms with Gasteiger partial charge in [0.25, 0.3) is 0 Å². The van der Waals surface area contributed by atoms with Gasteiger partial charge in [0.2, 0.25) is 0 Å². The smallest absolute Gasteiger partial charge is 0.129 e. The molecule has 0 atom stereocenters. The summed E-state index contributed by atoms with van der Waals surface area (Å²) in [6.07, 6.45) is 3.84.